The van der Waals surface area contributed by atoms with Gasteiger partial charge >= 0.3 is 0 Å². The van der Waals surface area contributed by atoms with E-state index in [0.717, 1.165) is 5.56 Å². The van der Waals surface area contributed by atoms with Gasteiger partial charge in [0.1, 0.15) is 5.75 Å². The van der Waals surface area contributed by atoms with E-state index in [0.29, 0.717) is 30.3 Å². The third-order valence-corrected chi connectivity index (χ3v) is 7.73. The summed E-state index contributed by atoms with van der Waals surface area (Å²) in [7, 11) is 6.42. The van der Waals surface area contributed by atoms with Crippen LogP contribution in [0.3, 0.4) is 0 Å². The highest BCUT2D eigenvalue weighted by Gasteiger charge is 2.77. The van der Waals surface area contributed by atoms with E-state index in [1.165, 1.54) is 14.2 Å². The quantitative estimate of drug-likeness (QED) is 0.183. The molecule has 0 bridgehead atoms. The Bertz CT molecular complexity index is 1380. The average molecular weight is 534 g/mol. The lowest BCUT2D eigenvalue weighted by molar-refractivity contribution is -0.152. The topological polar surface area (TPSA) is 142 Å². The van der Waals surface area contributed by atoms with Crippen LogP contribution in [0.25, 0.3) is 10.4 Å². The van der Waals surface area contributed by atoms with Gasteiger partial charge in [-0.05, 0) is 23.7 Å². The Morgan fingerprint density at radius 3 is 2.44 bits per heavy atom. The molecule has 0 radical (unpaired) electrons. The molecule has 2 aliphatic rings. The molecule has 5 atom stereocenters. The summed E-state index contributed by atoms with van der Waals surface area (Å²) in [5.74, 6) is -0.411. The van der Waals surface area contributed by atoms with E-state index in [-0.39, 0.29) is 17.3 Å². The smallest absolute Gasteiger partial charge is 0.226 e. The molecule has 0 spiro atoms. The minimum Gasteiger partial charge on any atom is -0.481 e. The number of aromatic nitrogens is 1. The van der Waals surface area contributed by atoms with Gasteiger partial charge in [-0.15, -0.1) is 0 Å². The molecule has 2 aromatic carbocycles. The minimum absolute atomic E-state index is 0.0937. The SMILES string of the molecule is COCN(C)C[C@H]1[C@@H](O)[C@@]2(O)c3c(cc(OC)nc3OC)O[C@@]2(c2ccc(N=[N+]=[N-])cc2)[C@@H]1c1ccccc1. The van der Waals surface area contributed by atoms with Gasteiger partial charge in [0.2, 0.25) is 11.8 Å². The summed E-state index contributed by atoms with van der Waals surface area (Å²) in [6.07, 6.45) is -1.30. The van der Waals surface area contributed by atoms with E-state index in [2.05, 4.69) is 15.0 Å². The summed E-state index contributed by atoms with van der Waals surface area (Å²) >= 11 is 0. The predicted molar refractivity (Wildman–Crippen MR) is 142 cm³/mol. The van der Waals surface area contributed by atoms with Crippen molar-refractivity contribution in [2.45, 2.75) is 23.2 Å². The Hall–Kier alpha value is -3.86. The van der Waals surface area contributed by atoms with E-state index in [4.69, 9.17) is 24.5 Å². The first-order chi connectivity index (χ1) is 18.8. The molecule has 11 heteroatoms. The van der Waals surface area contributed by atoms with Crippen molar-refractivity contribution in [1.29, 1.82) is 0 Å². The number of benzene rings is 2. The van der Waals surface area contributed by atoms with Gasteiger partial charge in [-0.1, -0.05) is 59.7 Å². The van der Waals surface area contributed by atoms with Crippen molar-refractivity contribution in [2.24, 2.45) is 11.0 Å². The van der Waals surface area contributed by atoms with Crippen LogP contribution in [0.4, 0.5) is 5.69 Å². The third kappa shape index (κ3) is 3.98. The highest BCUT2D eigenvalue weighted by Crippen LogP contribution is 2.70. The predicted octanol–water partition coefficient (Wildman–Crippen LogP) is 3.83. The van der Waals surface area contributed by atoms with Crippen LogP contribution in [0.2, 0.25) is 0 Å². The molecule has 0 unspecified atom stereocenters. The second kappa shape index (κ2) is 10.4. The lowest BCUT2D eigenvalue weighted by Crippen LogP contribution is -2.52. The Kier molecular flexibility index (Phi) is 7.11. The molecule has 0 amide bonds. The summed E-state index contributed by atoms with van der Waals surface area (Å²) in [5.41, 5.74) is 7.54. The van der Waals surface area contributed by atoms with Gasteiger partial charge in [-0.25, -0.2) is 0 Å². The van der Waals surface area contributed by atoms with Crippen molar-refractivity contribution in [3.63, 3.8) is 0 Å². The van der Waals surface area contributed by atoms with Gasteiger partial charge in [0.15, 0.2) is 11.2 Å². The lowest BCUT2D eigenvalue weighted by Gasteiger charge is -2.41. The standard InChI is InChI=1S/C28H31N5O6/c1-33(16-36-2)15-20-23(17-8-6-5-7-9-17)28(18-10-12-19(13-11-18)31-32-29)27(35,25(20)34)24-21(39-28)14-22(37-3)30-26(24)38-4/h5-14,20,23,25,34-35H,15-16H2,1-4H3/t20-,23-,25-,27+,28+/m1/s1. The minimum atomic E-state index is -1.98. The molecule has 0 saturated heterocycles. The molecule has 1 fully saturated rings. The fourth-order valence-corrected chi connectivity index (χ4v) is 6.33. The highest BCUT2D eigenvalue weighted by molar-refractivity contribution is 5.60. The van der Waals surface area contributed by atoms with E-state index in [9.17, 15) is 10.2 Å². The Morgan fingerprint density at radius 2 is 1.82 bits per heavy atom. The van der Waals surface area contributed by atoms with Crippen LogP contribution in [-0.2, 0) is 15.9 Å². The number of aliphatic hydroxyl groups excluding tert-OH is 1. The molecular weight excluding hydrogens is 502 g/mol. The molecule has 1 aliphatic carbocycles. The van der Waals surface area contributed by atoms with Crippen molar-refractivity contribution >= 4 is 5.69 Å². The van der Waals surface area contributed by atoms with Crippen LogP contribution >= 0.6 is 0 Å². The number of methoxy groups -OCH3 is 3. The number of pyridine rings is 1. The molecule has 1 aliphatic heterocycles. The van der Waals surface area contributed by atoms with Crippen LogP contribution in [0.5, 0.6) is 17.5 Å². The van der Waals surface area contributed by atoms with Gasteiger partial charge in [0.05, 0.1) is 32.6 Å². The zero-order chi connectivity index (χ0) is 27.8. The van der Waals surface area contributed by atoms with Crippen molar-refractivity contribution in [3.05, 3.63) is 87.8 Å². The third-order valence-electron chi connectivity index (χ3n) is 7.73. The number of hydrogen-bond donors (Lipinski definition) is 2. The average Bonchev–Trinajstić information content (AvgIpc) is 3.32. The summed E-state index contributed by atoms with van der Waals surface area (Å²) in [6.45, 7) is 0.719. The molecule has 39 heavy (non-hydrogen) atoms. The highest BCUT2D eigenvalue weighted by atomic mass is 16.5. The number of azide groups is 1. The first-order valence-electron chi connectivity index (χ1n) is 12.5. The molecular formula is C28H31N5O6. The summed E-state index contributed by atoms with van der Waals surface area (Å²) in [4.78, 5) is 9.23. The van der Waals surface area contributed by atoms with E-state index >= 15 is 0 Å². The number of aliphatic hydroxyl groups is 2. The molecule has 3 aromatic rings. The van der Waals surface area contributed by atoms with Crippen LogP contribution in [0.15, 0.2) is 65.8 Å². The van der Waals surface area contributed by atoms with E-state index in [1.807, 2.05) is 42.3 Å². The number of ether oxygens (including phenoxy) is 4. The molecule has 1 saturated carbocycles. The number of hydrogen-bond acceptors (Lipinski definition) is 9. The van der Waals surface area contributed by atoms with Gasteiger partial charge in [0.25, 0.3) is 0 Å². The number of fused-ring (bicyclic) bond motifs is 3. The number of nitrogens with zero attached hydrogens (tertiary/aromatic N) is 5. The maximum absolute atomic E-state index is 12.9. The fraction of sp³-hybridized carbons (Fsp3) is 0.393. The van der Waals surface area contributed by atoms with Crippen LogP contribution in [0.1, 0.15) is 22.6 Å². The van der Waals surface area contributed by atoms with Gasteiger partial charge in [-0.2, -0.15) is 4.98 Å². The van der Waals surface area contributed by atoms with Crippen LogP contribution < -0.4 is 14.2 Å². The second-order valence-electron chi connectivity index (χ2n) is 9.84. The monoisotopic (exact) mass is 533 g/mol. The second-order valence-corrected chi connectivity index (χ2v) is 9.84. The molecule has 11 nitrogen and oxygen atoms in total. The maximum Gasteiger partial charge on any atom is 0.226 e. The zero-order valence-electron chi connectivity index (χ0n) is 22.2. The molecule has 204 valence electrons. The Morgan fingerprint density at radius 1 is 1.10 bits per heavy atom. The number of rotatable bonds is 9. The summed E-state index contributed by atoms with van der Waals surface area (Å²) < 4.78 is 23.2. The van der Waals surface area contributed by atoms with Gasteiger partial charge in [-0.3, -0.25) is 4.90 Å². The molecule has 2 heterocycles. The van der Waals surface area contributed by atoms with Crippen molar-refractivity contribution < 1.29 is 29.2 Å². The summed E-state index contributed by atoms with van der Waals surface area (Å²) in [5, 5.41) is 28.7. The summed E-state index contributed by atoms with van der Waals surface area (Å²) in [6, 6.07) is 18.1. The molecule has 2 N–H and O–H groups in total. The van der Waals surface area contributed by atoms with Crippen molar-refractivity contribution in [1.82, 2.24) is 9.88 Å². The maximum atomic E-state index is 12.9. The zero-order valence-corrected chi connectivity index (χ0v) is 22.2. The first kappa shape index (κ1) is 26.7. The van der Waals surface area contributed by atoms with E-state index in [1.54, 1.807) is 37.4 Å². The Balaban J connectivity index is 1.82. The van der Waals surface area contributed by atoms with Gasteiger partial charge < -0.3 is 29.2 Å². The van der Waals surface area contributed by atoms with Gasteiger partial charge in [0, 0.05) is 42.2 Å². The van der Waals surface area contributed by atoms with Crippen molar-refractivity contribution in [2.75, 3.05) is 41.7 Å². The molecule has 1 aromatic heterocycles. The normalized spacial score (nSPS) is 26.9. The van der Waals surface area contributed by atoms with Crippen LogP contribution in [0, 0.1) is 5.92 Å². The molecule has 5 rings (SSSR count). The first-order valence-corrected chi connectivity index (χ1v) is 12.5. The largest absolute Gasteiger partial charge is 0.481 e. The fourth-order valence-electron chi connectivity index (χ4n) is 6.33. The lowest BCUT2D eigenvalue weighted by atomic mass is 9.70. The van der Waals surface area contributed by atoms with Crippen molar-refractivity contribution in [3.8, 4) is 17.5 Å². The Labute approximate surface area is 226 Å². The van der Waals surface area contributed by atoms with Crippen LogP contribution in [-0.4, -0.2) is 67.9 Å². The van der Waals surface area contributed by atoms with E-state index < -0.39 is 29.1 Å².